The Bertz CT molecular complexity index is 1280. The maximum absolute atomic E-state index is 13.0. The number of ether oxygens (including phenoxy) is 1. The molecule has 6 nitrogen and oxygen atoms in total. The van der Waals surface area contributed by atoms with Gasteiger partial charge in [-0.2, -0.15) is 0 Å². The van der Waals surface area contributed by atoms with Crippen molar-refractivity contribution in [2.75, 3.05) is 13.6 Å². The standard InChI is InChI=1S/C29H30N2O4/c1-30(17-16-22-8-4-2-5-9-22)28(32)20-31-19-24(12-15-29(33)34)26-14-13-25(18-27(26)31)35-21-23-10-6-3-7-11-23/h2-11,13-14,18-19H,12,15-17,20-21H2,1H3,(H,33,34). The van der Waals surface area contributed by atoms with Crippen molar-refractivity contribution in [1.82, 2.24) is 9.47 Å². The number of fused-ring (bicyclic) bond motifs is 1. The van der Waals surface area contributed by atoms with Crippen LogP contribution in [0.5, 0.6) is 5.75 Å². The van der Waals surface area contributed by atoms with E-state index in [1.807, 2.05) is 84.5 Å². The molecule has 1 amide bonds. The summed E-state index contributed by atoms with van der Waals surface area (Å²) in [6.07, 6.45) is 3.13. The molecule has 0 saturated carbocycles. The summed E-state index contributed by atoms with van der Waals surface area (Å²) in [5.41, 5.74) is 4.03. The molecule has 6 heteroatoms. The number of likely N-dealkylation sites (N-methyl/N-ethyl adjacent to an activating group) is 1. The highest BCUT2D eigenvalue weighted by atomic mass is 16.5. The highest BCUT2D eigenvalue weighted by Crippen LogP contribution is 2.27. The first-order valence-corrected chi connectivity index (χ1v) is 11.8. The van der Waals surface area contributed by atoms with Crippen molar-refractivity contribution in [3.8, 4) is 5.75 Å². The van der Waals surface area contributed by atoms with Gasteiger partial charge in [0.25, 0.3) is 0 Å². The number of benzene rings is 3. The predicted molar refractivity (Wildman–Crippen MR) is 136 cm³/mol. The van der Waals surface area contributed by atoms with E-state index in [0.717, 1.165) is 28.5 Å². The second-order valence-corrected chi connectivity index (χ2v) is 8.68. The van der Waals surface area contributed by atoms with Gasteiger partial charge in [0.2, 0.25) is 5.91 Å². The summed E-state index contributed by atoms with van der Waals surface area (Å²) < 4.78 is 7.91. The number of amides is 1. The Morgan fingerprint density at radius 2 is 1.60 bits per heavy atom. The minimum Gasteiger partial charge on any atom is -0.489 e. The van der Waals surface area contributed by atoms with E-state index in [1.165, 1.54) is 5.56 Å². The first-order valence-electron chi connectivity index (χ1n) is 11.8. The summed E-state index contributed by atoms with van der Waals surface area (Å²) >= 11 is 0. The third-order valence-corrected chi connectivity index (χ3v) is 6.10. The van der Waals surface area contributed by atoms with Crippen LogP contribution < -0.4 is 4.74 Å². The van der Waals surface area contributed by atoms with Gasteiger partial charge in [-0.05, 0) is 41.7 Å². The van der Waals surface area contributed by atoms with Crippen LogP contribution in [0.25, 0.3) is 10.9 Å². The number of nitrogens with zero attached hydrogens (tertiary/aromatic N) is 2. The molecule has 0 spiro atoms. The van der Waals surface area contributed by atoms with Gasteiger partial charge in [-0.25, -0.2) is 0 Å². The molecule has 0 unspecified atom stereocenters. The second-order valence-electron chi connectivity index (χ2n) is 8.68. The van der Waals surface area contributed by atoms with E-state index in [4.69, 9.17) is 9.84 Å². The third-order valence-electron chi connectivity index (χ3n) is 6.10. The minimum absolute atomic E-state index is 0.00165. The van der Waals surface area contributed by atoms with Crippen LogP contribution in [0, 0.1) is 0 Å². The highest BCUT2D eigenvalue weighted by molar-refractivity contribution is 5.87. The molecule has 0 fully saturated rings. The van der Waals surface area contributed by atoms with Crippen molar-refractivity contribution in [1.29, 1.82) is 0 Å². The molecule has 3 aromatic carbocycles. The van der Waals surface area contributed by atoms with Crippen molar-refractivity contribution in [2.24, 2.45) is 0 Å². The Hall–Kier alpha value is -4.06. The highest BCUT2D eigenvalue weighted by Gasteiger charge is 2.16. The van der Waals surface area contributed by atoms with Crippen molar-refractivity contribution < 1.29 is 19.4 Å². The Balaban J connectivity index is 1.51. The van der Waals surface area contributed by atoms with Gasteiger partial charge in [-0.1, -0.05) is 60.7 Å². The van der Waals surface area contributed by atoms with Crippen molar-refractivity contribution in [3.63, 3.8) is 0 Å². The molecule has 0 saturated heterocycles. The predicted octanol–water partition coefficient (Wildman–Crippen LogP) is 4.94. The maximum Gasteiger partial charge on any atom is 0.303 e. The van der Waals surface area contributed by atoms with Crippen LogP contribution in [0.4, 0.5) is 0 Å². The van der Waals surface area contributed by atoms with Crippen LogP contribution in [0.15, 0.2) is 85.1 Å². The minimum atomic E-state index is -0.842. The molecular weight excluding hydrogens is 440 g/mol. The molecule has 0 aliphatic rings. The van der Waals surface area contributed by atoms with Gasteiger partial charge in [0, 0.05) is 37.7 Å². The number of carboxylic acid groups (broad SMARTS) is 1. The number of carbonyl (C=O) groups is 2. The molecule has 0 atom stereocenters. The molecule has 1 aromatic heterocycles. The number of carbonyl (C=O) groups excluding carboxylic acids is 1. The van der Waals surface area contributed by atoms with Crippen LogP contribution in [-0.2, 0) is 35.6 Å². The lowest BCUT2D eigenvalue weighted by molar-refractivity contribution is -0.137. The molecular formula is C29H30N2O4. The quantitative estimate of drug-likeness (QED) is 0.337. The summed E-state index contributed by atoms with van der Waals surface area (Å²) in [4.78, 5) is 25.9. The van der Waals surface area contributed by atoms with Gasteiger partial charge < -0.3 is 19.3 Å². The number of aromatic nitrogens is 1. The first kappa shape index (κ1) is 24.1. The first-order chi connectivity index (χ1) is 17.0. The largest absolute Gasteiger partial charge is 0.489 e. The van der Waals surface area contributed by atoms with Gasteiger partial charge in [0.05, 0.1) is 5.52 Å². The molecule has 4 rings (SSSR count). The Labute approximate surface area is 205 Å². The van der Waals surface area contributed by atoms with Gasteiger partial charge in [0.15, 0.2) is 0 Å². The zero-order valence-corrected chi connectivity index (χ0v) is 19.9. The third kappa shape index (κ3) is 6.51. The van der Waals surface area contributed by atoms with Gasteiger partial charge in [-0.15, -0.1) is 0 Å². The van der Waals surface area contributed by atoms with E-state index in [9.17, 15) is 9.59 Å². The zero-order valence-electron chi connectivity index (χ0n) is 19.9. The fourth-order valence-electron chi connectivity index (χ4n) is 4.08. The second kappa shape index (κ2) is 11.4. The smallest absolute Gasteiger partial charge is 0.303 e. The average molecular weight is 471 g/mol. The van der Waals surface area contributed by atoms with Crippen LogP contribution in [-0.4, -0.2) is 40.0 Å². The number of hydrogen-bond acceptors (Lipinski definition) is 3. The monoisotopic (exact) mass is 470 g/mol. The molecule has 0 aliphatic carbocycles. The van der Waals surface area contributed by atoms with Crippen LogP contribution in [0.2, 0.25) is 0 Å². The molecule has 0 radical (unpaired) electrons. The van der Waals surface area contributed by atoms with E-state index in [1.54, 1.807) is 4.90 Å². The summed E-state index contributed by atoms with van der Waals surface area (Å²) in [6.45, 7) is 1.25. The van der Waals surface area contributed by atoms with Gasteiger partial charge in [0.1, 0.15) is 18.9 Å². The van der Waals surface area contributed by atoms with Crippen LogP contribution in [0.1, 0.15) is 23.1 Å². The van der Waals surface area contributed by atoms with Crippen LogP contribution >= 0.6 is 0 Å². The van der Waals surface area contributed by atoms with E-state index in [-0.39, 0.29) is 18.9 Å². The number of hydrogen-bond donors (Lipinski definition) is 1. The van der Waals surface area contributed by atoms with Crippen molar-refractivity contribution in [2.45, 2.75) is 32.4 Å². The lowest BCUT2D eigenvalue weighted by Gasteiger charge is -2.18. The average Bonchev–Trinajstić information content (AvgIpc) is 3.22. The number of carboxylic acids is 1. The molecule has 1 heterocycles. The fraction of sp³-hybridized carbons (Fsp3) is 0.241. The van der Waals surface area contributed by atoms with Crippen molar-refractivity contribution in [3.05, 3.63) is 102 Å². The summed E-state index contributed by atoms with van der Waals surface area (Å²) in [5.74, 6) is -0.140. The molecule has 35 heavy (non-hydrogen) atoms. The molecule has 180 valence electrons. The molecule has 0 bridgehead atoms. The number of aliphatic carboxylic acids is 1. The number of rotatable bonds is 11. The van der Waals surface area contributed by atoms with Crippen molar-refractivity contribution >= 4 is 22.8 Å². The molecule has 0 aliphatic heterocycles. The van der Waals surface area contributed by atoms with Gasteiger partial charge >= 0.3 is 5.97 Å². The van der Waals surface area contributed by atoms with Gasteiger partial charge in [-0.3, -0.25) is 9.59 Å². The summed E-state index contributed by atoms with van der Waals surface area (Å²) in [6, 6.07) is 25.8. The van der Waals surface area contributed by atoms with E-state index < -0.39 is 5.97 Å². The summed E-state index contributed by atoms with van der Waals surface area (Å²) in [5, 5.41) is 10.1. The Kier molecular flexibility index (Phi) is 7.83. The topological polar surface area (TPSA) is 71.8 Å². The van der Waals surface area contributed by atoms with E-state index >= 15 is 0 Å². The number of aryl methyl sites for hydroxylation is 1. The van der Waals surface area contributed by atoms with E-state index in [2.05, 4.69) is 12.1 Å². The Morgan fingerprint density at radius 3 is 2.29 bits per heavy atom. The Morgan fingerprint density at radius 1 is 0.914 bits per heavy atom. The van der Waals surface area contributed by atoms with Crippen LogP contribution in [0.3, 0.4) is 0 Å². The maximum atomic E-state index is 13.0. The zero-order chi connectivity index (χ0) is 24.6. The van der Waals surface area contributed by atoms with E-state index in [0.29, 0.717) is 25.3 Å². The summed E-state index contributed by atoms with van der Waals surface area (Å²) in [7, 11) is 1.82. The SMILES string of the molecule is CN(CCc1ccccc1)C(=O)Cn1cc(CCC(=O)O)c2ccc(OCc3ccccc3)cc21. The lowest BCUT2D eigenvalue weighted by Crippen LogP contribution is -2.31. The lowest BCUT2D eigenvalue weighted by atomic mass is 10.1. The fourth-order valence-corrected chi connectivity index (χ4v) is 4.08. The molecule has 4 aromatic rings. The normalized spacial score (nSPS) is 10.9. The molecule has 1 N–H and O–H groups in total.